The van der Waals surface area contributed by atoms with Gasteiger partial charge in [0.15, 0.2) is 5.69 Å². The van der Waals surface area contributed by atoms with Crippen LogP contribution in [-0.2, 0) is 18.0 Å². The molecule has 1 atom stereocenters. The van der Waals surface area contributed by atoms with Gasteiger partial charge in [0.05, 0.1) is 12.1 Å². The summed E-state index contributed by atoms with van der Waals surface area (Å²) in [4.78, 5) is 22.7. The molecule has 0 fully saturated rings. The molecule has 0 aliphatic rings. The van der Waals surface area contributed by atoms with Gasteiger partial charge in [-0.1, -0.05) is 18.2 Å². The van der Waals surface area contributed by atoms with E-state index in [-0.39, 0.29) is 18.9 Å². The third-order valence-electron chi connectivity index (χ3n) is 5.08. The second kappa shape index (κ2) is 10.9. The first-order chi connectivity index (χ1) is 16.6. The number of carboxylic acids is 1. The normalized spacial score (nSPS) is 12.5. The number of ether oxygens (including phenoxy) is 1. The predicted molar refractivity (Wildman–Crippen MR) is 123 cm³/mol. The molecule has 3 aromatic rings. The molecule has 7 nitrogen and oxygen atoms in total. The number of rotatable bonds is 9. The number of carboxylic acid groups (broad SMARTS) is 1. The number of alkyl halides is 3. The Kier molecular flexibility index (Phi) is 7.95. The van der Waals surface area contributed by atoms with Gasteiger partial charge in [-0.2, -0.15) is 18.3 Å². The largest absolute Gasteiger partial charge is 0.482 e. The second-order valence-electron chi connectivity index (χ2n) is 7.65. The summed E-state index contributed by atoms with van der Waals surface area (Å²) in [5.41, 5.74) is 1.09. The molecule has 0 saturated carbocycles. The van der Waals surface area contributed by atoms with E-state index in [1.54, 1.807) is 48.5 Å². The molecule has 184 valence electrons. The predicted octanol–water partition coefficient (Wildman–Crippen LogP) is 5.01. The average Bonchev–Trinajstić information content (AvgIpc) is 3.21. The van der Waals surface area contributed by atoms with Crippen molar-refractivity contribution in [2.45, 2.75) is 25.6 Å². The van der Waals surface area contributed by atoms with Crippen molar-refractivity contribution < 1.29 is 32.6 Å². The molecule has 0 aliphatic heterocycles. The van der Waals surface area contributed by atoms with E-state index in [1.165, 1.54) is 11.7 Å². The second-order valence-corrected chi connectivity index (χ2v) is 7.65. The van der Waals surface area contributed by atoms with Gasteiger partial charge < -0.3 is 15.2 Å². The molecule has 1 aromatic heterocycles. The molecule has 3 rings (SSSR count). The number of nitrogens with zero attached hydrogens (tertiary/aromatic N) is 2. The highest BCUT2D eigenvalue weighted by atomic mass is 19.4. The van der Waals surface area contributed by atoms with Crippen molar-refractivity contribution in [1.82, 2.24) is 15.1 Å². The highest BCUT2D eigenvalue weighted by molar-refractivity contribution is 5.94. The van der Waals surface area contributed by atoms with Gasteiger partial charge in [-0.15, -0.1) is 0 Å². The van der Waals surface area contributed by atoms with Gasteiger partial charge >= 0.3 is 12.1 Å². The minimum Gasteiger partial charge on any atom is -0.482 e. The summed E-state index contributed by atoms with van der Waals surface area (Å²) in [6, 6.07) is 14.3. The molecule has 2 N–H and O–H groups in total. The van der Waals surface area contributed by atoms with Crippen molar-refractivity contribution in [3.63, 3.8) is 0 Å². The van der Waals surface area contributed by atoms with E-state index in [0.29, 0.717) is 22.6 Å². The van der Waals surface area contributed by atoms with Gasteiger partial charge in [0.2, 0.25) is 0 Å². The van der Waals surface area contributed by atoms with Crippen LogP contribution in [0.5, 0.6) is 5.75 Å². The quantitative estimate of drug-likeness (QED) is 0.414. The Morgan fingerprint density at radius 3 is 2.34 bits per heavy atom. The third-order valence-corrected chi connectivity index (χ3v) is 5.08. The molecule has 1 unspecified atom stereocenters. The van der Waals surface area contributed by atoms with Crippen molar-refractivity contribution in [1.29, 1.82) is 0 Å². The molecule has 0 aliphatic carbocycles. The van der Waals surface area contributed by atoms with E-state index in [1.807, 2.05) is 19.1 Å². The van der Waals surface area contributed by atoms with Crippen LogP contribution >= 0.6 is 0 Å². The molecule has 35 heavy (non-hydrogen) atoms. The van der Waals surface area contributed by atoms with Crippen molar-refractivity contribution in [2.24, 2.45) is 7.05 Å². The van der Waals surface area contributed by atoms with Crippen LogP contribution < -0.4 is 10.1 Å². The van der Waals surface area contributed by atoms with Crippen LogP contribution in [0.4, 0.5) is 13.2 Å². The third kappa shape index (κ3) is 6.72. The van der Waals surface area contributed by atoms with Crippen LogP contribution in [-0.4, -0.2) is 33.3 Å². The Hall–Kier alpha value is -4.08. The minimum atomic E-state index is -4.52. The monoisotopic (exact) mass is 487 g/mol. The smallest absolute Gasteiger partial charge is 0.435 e. The van der Waals surface area contributed by atoms with Crippen molar-refractivity contribution in [3.8, 4) is 17.0 Å². The van der Waals surface area contributed by atoms with Gasteiger partial charge in [-0.25, -0.2) is 0 Å². The Morgan fingerprint density at radius 1 is 1.14 bits per heavy atom. The van der Waals surface area contributed by atoms with Crippen LogP contribution in [0.15, 0.2) is 66.7 Å². The number of carbonyl (C=O) groups excluding carboxylic acids is 1. The van der Waals surface area contributed by atoms with Crippen LogP contribution in [0.25, 0.3) is 11.3 Å². The first-order valence-electron chi connectivity index (χ1n) is 10.7. The molecule has 2 aromatic carbocycles. The van der Waals surface area contributed by atoms with Crippen LogP contribution in [0, 0.1) is 0 Å². The highest BCUT2D eigenvalue weighted by Crippen LogP contribution is 2.32. The van der Waals surface area contributed by atoms with Gasteiger partial charge in [0, 0.05) is 24.7 Å². The Morgan fingerprint density at radius 2 is 1.80 bits per heavy atom. The van der Waals surface area contributed by atoms with E-state index in [2.05, 4.69) is 10.4 Å². The summed E-state index contributed by atoms with van der Waals surface area (Å²) < 4.78 is 46.1. The Balaban J connectivity index is 1.71. The molecular formula is C25H24F3N3O4. The maximum absolute atomic E-state index is 12.9. The molecular weight excluding hydrogens is 463 g/mol. The molecule has 1 heterocycles. The zero-order valence-corrected chi connectivity index (χ0v) is 19.0. The van der Waals surface area contributed by atoms with Gasteiger partial charge in [0.1, 0.15) is 11.9 Å². The van der Waals surface area contributed by atoms with Crippen molar-refractivity contribution >= 4 is 11.9 Å². The number of hydrogen-bond donors (Lipinski definition) is 2. The van der Waals surface area contributed by atoms with E-state index < -0.39 is 23.9 Å². The lowest BCUT2D eigenvalue weighted by atomic mass is 10.1. The number of amides is 1. The zero-order chi connectivity index (χ0) is 25.6. The average molecular weight is 487 g/mol. The maximum atomic E-state index is 12.9. The summed E-state index contributed by atoms with van der Waals surface area (Å²) in [7, 11) is 1.45. The topological polar surface area (TPSA) is 93.5 Å². The summed E-state index contributed by atoms with van der Waals surface area (Å²) in [5, 5.41) is 14.7. The van der Waals surface area contributed by atoms with Crippen molar-refractivity contribution in [2.75, 3.05) is 6.54 Å². The number of aryl methyl sites for hydroxylation is 1. The lowest BCUT2D eigenvalue weighted by Gasteiger charge is -2.17. The first-order valence-corrected chi connectivity index (χ1v) is 10.7. The number of nitrogens with one attached hydrogen (secondary N) is 1. The summed E-state index contributed by atoms with van der Waals surface area (Å²) in [5.74, 6) is -0.863. The van der Waals surface area contributed by atoms with Crippen LogP contribution in [0.1, 0.15) is 41.1 Å². The molecule has 0 saturated heterocycles. The zero-order valence-electron chi connectivity index (χ0n) is 19.0. The number of aliphatic carboxylic acids is 1. The number of benzene rings is 2. The molecule has 0 spiro atoms. The first kappa shape index (κ1) is 25.5. The standard InChI is InChI=1S/C25H24F3N3O4/c1-3-4-21(17-5-7-18(8-6-17)24(34)29-14-13-23(32)33)35-19-11-9-16(10-12-19)20-15-22(25(26,27)28)30-31(20)2/h3-12,15,21H,13-14H2,1-2H3,(H,29,34)(H,32,33)/b4-3+. The van der Waals surface area contributed by atoms with Crippen molar-refractivity contribution in [3.05, 3.63) is 83.6 Å². The van der Waals surface area contributed by atoms with E-state index in [4.69, 9.17) is 9.84 Å². The summed E-state index contributed by atoms with van der Waals surface area (Å²) >= 11 is 0. The number of halogens is 3. The minimum absolute atomic E-state index is 0.0343. The van der Waals surface area contributed by atoms with E-state index in [9.17, 15) is 22.8 Å². The number of aromatic nitrogens is 2. The van der Waals surface area contributed by atoms with Gasteiger partial charge in [-0.05, 0) is 61.0 Å². The lowest BCUT2D eigenvalue weighted by Crippen LogP contribution is -2.25. The van der Waals surface area contributed by atoms with Crippen LogP contribution in [0.2, 0.25) is 0 Å². The molecule has 0 bridgehead atoms. The fraction of sp³-hybridized carbons (Fsp3) is 0.240. The van der Waals surface area contributed by atoms with Gasteiger partial charge in [-0.3, -0.25) is 14.3 Å². The van der Waals surface area contributed by atoms with Crippen LogP contribution in [0.3, 0.4) is 0 Å². The van der Waals surface area contributed by atoms with E-state index in [0.717, 1.165) is 11.6 Å². The summed E-state index contributed by atoms with van der Waals surface area (Å²) in [6.45, 7) is 1.87. The Bertz CT molecular complexity index is 1200. The number of allylic oxidation sites excluding steroid dienone is 1. The number of hydrogen-bond acceptors (Lipinski definition) is 4. The van der Waals surface area contributed by atoms with E-state index >= 15 is 0 Å². The maximum Gasteiger partial charge on any atom is 0.435 e. The lowest BCUT2D eigenvalue weighted by molar-refractivity contribution is -0.141. The highest BCUT2D eigenvalue weighted by Gasteiger charge is 2.34. The Labute approximate surface area is 199 Å². The number of carbonyl (C=O) groups is 2. The fourth-order valence-corrected chi connectivity index (χ4v) is 3.33. The molecule has 10 heteroatoms. The summed E-state index contributed by atoms with van der Waals surface area (Å²) in [6.07, 6.45) is -1.51. The molecule has 1 amide bonds. The molecule has 0 radical (unpaired) electrons. The van der Waals surface area contributed by atoms with Gasteiger partial charge in [0.25, 0.3) is 5.91 Å². The fourth-order valence-electron chi connectivity index (χ4n) is 3.33. The SMILES string of the molecule is C/C=C/C(Oc1ccc(-c2cc(C(F)(F)F)nn2C)cc1)c1ccc(C(=O)NCCC(=O)O)cc1.